The van der Waals surface area contributed by atoms with E-state index in [-0.39, 0.29) is 11.6 Å². The van der Waals surface area contributed by atoms with E-state index in [0.29, 0.717) is 29.6 Å². The molecule has 0 aromatic carbocycles. The summed E-state index contributed by atoms with van der Waals surface area (Å²) < 4.78 is 6.33. The zero-order chi connectivity index (χ0) is 14.1. The molecule has 104 valence electrons. The molecule has 18 heavy (non-hydrogen) atoms. The molecule has 1 rings (SSSR count). The minimum atomic E-state index is -0.0869. The van der Waals surface area contributed by atoms with Crippen LogP contribution in [0.4, 0.5) is 0 Å². The van der Waals surface area contributed by atoms with Crippen LogP contribution in [-0.2, 0) is 4.74 Å². The topological polar surface area (TPSA) is 9.23 Å². The predicted molar refractivity (Wildman–Crippen MR) is 79.8 cm³/mol. The molecular formula is C16H31BO. The van der Waals surface area contributed by atoms with E-state index >= 15 is 0 Å². The Morgan fingerprint density at radius 2 is 1.61 bits per heavy atom. The molecule has 0 amide bonds. The highest BCUT2D eigenvalue weighted by molar-refractivity contribution is 6.11. The van der Waals surface area contributed by atoms with Crippen molar-refractivity contribution in [2.24, 2.45) is 29.6 Å². The molecule has 1 nitrogen and oxygen atoms in total. The Labute approximate surface area is 115 Å². The first-order valence-electron chi connectivity index (χ1n) is 7.68. The SMILES string of the molecule is [B]C1OC(CC)(CC(C)C)C(C(C)C)C1C(C)C. The van der Waals surface area contributed by atoms with Gasteiger partial charge in [-0.15, -0.1) is 0 Å². The Kier molecular flexibility index (Phi) is 5.35. The van der Waals surface area contributed by atoms with Crippen LogP contribution in [0.1, 0.15) is 61.3 Å². The lowest BCUT2D eigenvalue weighted by Crippen LogP contribution is -2.41. The van der Waals surface area contributed by atoms with Crippen LogP contribution in [0.3, 0.4) is 0 Å². The molecular weight excluding hydrogens is 219 g/mol. The third-order valence-electron chi connectivity index (χ3n) is 4.61. The summed E-state index contributed by atoms with van der Waals surface area (Å²) >= 11 is 0. The monoisotopic (exact) mass is 250 g/mol. The Bertz CT molecular complexity index is 262. The first-order valence-corrected chi connectivity index (χ1v) is 7.68. The number of ether oxygens (including phenoxy) is 1. The van der Waals surface area contributed by atoms with Crippen molar-refractivity contribution >= 4 is 7.85 Å². The standard InChI is InChI=1S/C16H31BO/c1-8-16(9-10(2)3)14(12(6)7)13(11(4)5)15(17)18-16/h10-15H,8-9H2,1-7H3. The Morgan fingerprint density at radius 1 is 1.06 bits per heavy atom. The zero-order valence-electron chi connectivity index (χ0n) is 13.4. The van der Waals surface area contributed by atoms with Crippen molar-refractivity contribution in [2.75, 3.05) is 0 Å². The van der Waals surface area contributed by atoms with Gasteiger partial charge in [0.2, 0.25) is 0 Å². The van der Waals surface area contributed by atoms with Gasteiger partial charge in [-0.05, 0) is 42.4 Å². The van der Waals surface area contributed by atoms with Crippen LogP contribution < -0.4 is 0 Å². The maximum Gasteiger partial charge on any atom is 0.109 e. The van der Waals surface area contributed by atoms with Crippen molar-refractivity contribution in [3.63, 3.8) is 0 Å². The smallest absolute Gasteiger partial charge is 0.109 e. The van der Waals surface area contributed by atoms with E-state index in [1.165, 1.54) is 0 Å². The molecule has 1 aliphatic heterocycles. The predicted octanol–water partition coefficient (Wildman–Crippen LogP) is 4.25. The summed E-state index contributed by atoms with van der Waals surface area (Å²) in [6, 6.07) is -0.0869. The van der Waals surface area contributed by atoms with Crippen LogP contribution in [0, 0.1) is 29.6 Å². The second-order valence-electron chi connectivity index (χ2n) is 7.19. The van der Waals surface area contributed by atoms with Crippen molar-refractivity contribution in [3.8, 4) is 0 Å². The van der Waals surface area contributed by atoms with Crippen LogP contribution in [0.15, 0.2) is 0 Å². The Hall–Kier alpha value is 0.0249. The summed E-state index contributed by atoms with van der Waals surface area (Å²) in [7, 11) is 6.31. The normalized spacial score (nSPS) is 37.1. The number of hydrogen-bond acceptors (Lipinski definition) is 1. The molecule has 1 aliphatic rings. The molecule has 0 aliphatic carbocycles. The fourth-order valence-corrected chi connectivity index (χ4v) is 4.17. The van der Waals surface area contributed by atoms with Crippen molar-refractivity contribution in [1.82, 2.24) is 0 Å². The van der Waals surface area contributed by atoms with Crippen molar-refractivity contribution in [3.05, 3.63) is 0 Å². The molecule has 1 fully saturated rings. The average Bonchev–Trinajstić information content (AvgIpc) is 2.50. The lowest BCUT2D eigenvalue weighted by molar-refractivity contribution is -0.0610. The second-order valence-corrected chi connectivity index (χ2v) is 7.19. The molecule has 1 heterocycles. The summed E-state index contributed by atoms with van der Waals surface area (Å²) in [5.41, 5.74) is -0.00329. The molecule has 4 atom stereocenters. The number of rotatable bonds is 5. The van der Waals surface area contributed by atoms with Gasteiger partial charge >= 0.3 is 0 Å². The van der Waals surface area contributed by atoms with Crippen molar-refractivity contribution in [1.29, 1.82) is 0 Å². The lowest BCUT2D eigenvalue weighted by Gasteiger charge is -2.40. The fraction of sp³-hybridized carbons (Fsp3) is 1.00. The summed E-state index contributed by atoms with van der Waals surface area (Å²) in [5, 5.41) is 0. The van der Waals surface area contributed by atoms with Gasteiger partial charge in [-0.3, -0.25) is 0 Å². The molecule has 2 heteroatoms. The van der Waals surface area contributed by atoms with E-state index in [4.69, 9.17) is 12.6 Å². The summed E-state index contributed by atoms with van der Waals surface area (Å²) in [6.45, 7) is 16.0. The van der Waals surface area contributed by atoms with E-state index in [1.807, 2.05) is 0 Å². The molecule has 0 N–H and O–H groups in total. The van der Waals surface area contributed by atoms with Crippen molar-refractivity contribution in [2.45, 2.75) is 72.9 Å². The van der Waals surface area contributed by atoms with E-state index in [1.54, 1.807) is 0 Å². The molecule has 0 bridgehead atoms. The number of hydrogen-bond donors (Lipinski definition) is 0. The molecule has 1 saturated heterocycles. The van der Waals surface area contributed by atoms with Gasteiger partial charge in [-0.25, -0.2) is 0 Å². The fourth-order valence-electron chi connectivity index (χ4n) is 4.17. The molecule has 2 radical (unpaired) electrons. The molecule has 0 aromatic heterocycles. The third kappa shape index (κ3) is 2.95. The minimum Gasteiger partial charge on any atom is -0.381 e. The highest BCUT2D eigenvalue weighted by atomic mass is 16.5. The summed E-state index contributed by atoms with van der Waals surface area (Å²) in [5.74, 6) is 2.95. The maximum absolute atomic E-state index is 6.33. The van der Waals surface area contributed by atoms with Gasteiger partial charge in [0, 0.05) is 6.00 Å². The van der Waals surface area contributed by atoms with Gasteiger partial charge in [0.15, 0.2) is 0 Å². The minimum absolute atomic E-state index is 0.00329. The first-order chi connectivity index (χ1) is 8.25. The highest BCUT2D eigenvalue weighted by Crippen LogP contribution is 2.51. The first kappa shape index (κ1) is 16.1. The largest absolute Gasteiger partial charge is 0.381 e. The van der Waals surface area contributed by atoms with Crippen LogP contribution in [0.5, 0.6) is 0 Å². The van der Waals surface area contributed by atoms with E-state index in [0.717, 1.165) is 12.8 Å². The third-order valence-corrected chi connectivity index (χ3v) is 4.61. The lowest BCUT2D eigenvalue weighted by atomic mass is 9.64. The molecule has 4 unspecified atom stereocenters. The maximum atomic E-state index is 6.33. The molecule has 0 spiro atoms. The average molecular weight is 250 g/mol. The molecule has 0 aromatic rings. The van der Waals surface area contributed by atoms with Crippen LogP contribution in [0.25, 0.3) is 0 Å². The van der Waals surface area contributed by atoms with E-state index in [9.17, 15) is 0 Å². The van der Waals surface area contributed by atoms with Crippen LogP contribution in [0.2, 0.25) is 0 Å². The van der Waals surface area contributed by atoms with Gasteiger partial charge in [-0.1, -0.05) is 48.5 Å². The summed E-state index contributed by atoms with van der Waals surface area (Å²) in [4.78, 5) is 0. The van der Waals surface area contributed by atoms with E-state index in [2.05, 4.69) is 48.5 Å². The quantitative estimate of drug-likeness (QED) is 0.663. The van der Waals surface area contributed by atoms with Gasteiger partial charge < -0.3 is 4.74 Å². The van der Waals surface area contributed by atoms with Gasteiger partial charge in [0.05, 0.1) is 5.60 Å². The Balaban J connectivity index is 3.09. The second kappa shape index (κ2) is 5.99. The highest BCUT2D eigenvalue weighted by Gasteiger charge is 2.53. The van der Waals surface area contributed by atoms with Crippen molar-refractivity contribution < 1.29 is 4.74 Å². The van der Waals surface area contributed by atoms with Gasteiger partial charge in [0.1, 0.15) is 7.85 Å². The van der Waals surface area contributed by atoms with E-state index < -0.39 is 0 Å². The Morgan fingerprint density at radius 3 is 1.94 bits per heavy atom. The zero-order valence-corrected chi connectivity index (χ0v) is 13.4. The van der Waals surface area contributed by atoms with Gasteiger partial charge in [-0.2, -0.15) is 0 Å². The van der Waals surface area contributed by atoms with Gasteiger partial charge in [0.25, 0.3) is 0 Å². The summed E-state index contributed by atoms with van der Waals surface area (Å²) in [6.07, 6.45) is 2.20. The molecule has 0 saturated carbocycles. The van der Waals surface area contributed by atoms with Crippen LogP contribution in [-0.4, -0.2) is 19.5 Å². The van der Waals surface area contributed by atoms with Crippen LogP contribution >= 0.6 is 0 Å².